The van der Waals surface area contributed by atoms with Gasteiger partial charge in [-0.3, -0.25) is 4.79 Å². The number of aliphatic hydroxyl groups is 2. The van der Waals surface area contributed by atoms with Gasteiger partial charge in [0.2, 0.25) is 0 Å². The van der Waals surface area contributed by atoms with Crippen molar-refractivity contribution in [2.24, 2.45) is 0 Å². The zero-order valence-corrected chi connectivity index (χ0v) is 14.2. The van der Waals surface area contributed by atoms with E-state index in [9.17, 15) is 15.0 Å². The summed E-state index contributed by atoms with van der Waals surface area (Å²) in [5.41, 5.74) is 2.04. The van der Waals surface area contributed by atoms with Crippen LogP contribution in [0.5, 0.6) is 0 Å². The molecule has 0 saturated carbocycles. The first-order valence-corrected chi connectivity index (χ1v) is 8.44. The van der Waals surface area contributed by atoms with E-state index >= 15 is 0 Å². The van der Waals surface area contributed by atoms with Crippen molar-refractivity contribution in [1.82, 2.24) is 3.11 Å². The lowest BCUT2D eigenvalue weighted by atomic mass is 10.1. The summed E-state index contributed by atoms with van der Waals surface area (Å²) < 4.78 is 7.35. The highest BCUT2D eigenvalue weighted by molar-refractivity contribution is 14.1. The summed E-state index contributed by atoms with van der Waals surface area (Å²) in [7, 11) is 0. The normalized spacial score (nSPS) is 23.3. The van der Waals surface area contributed by atoms with E-state index in [2.05, 4.69) is 0 Å². The van der Waals surface area contributed by atoms with Crippen LogP contribution >= 0.6 is 34.6 Å². The van der Waals surface area contributed by atoms with Crippen molar-refractivity contribution in [2.45, 2.75) is 24.6 Å². The lowest BCUT2D eigenvalue weighted by Crippen LogP contribution is -2.36. The van der Waals surface area contributed by atoms with E-state index < -0.39 is 12.3 Å². The molecule has 1 aromatic heterocycles. The van der Waals surface area contributed by atoms with Gasteiger partial charge in [0.05, 0.1) is 22.4 Å². The van der Waals surface area contributed by atoms with Gasteiger partial charge in [-0.1, -0.05) is 11.6 Å². The largest absolute Gasteiger partial charge is 0.464 e. The number of rotatable bonds is 2. The van der Waals surface area contributed by atoms with Gasteiger partial charge in [-0.15, -0.1) is 11.8 Å². The zero-order chi connectivity index (χ0) is 15.1. The second kappa shape index (κ2) is 5.88. The van der Waals surface area contributed by atoms with Crippen LogP contribution in [-0.4, -0.2) is 31.4 Å². The number of aliphatic hydroxyl groups excluding tert-OH is 1. The third-order valence-corrected chi connectivity index (χ3v) is 6.51. The van der Waals surface area contributed by atoms with Crippen LogP contribution in [0.1, 0.15) is 16.5 Å². The molecule has 112 valence electrons. The van der Waals surface area contributed by atoms with Gasteiger partial charge in [0.25, 0.3) is 0 Å². The maximum absolute atomic E-state index is 12.7. The molecule has 1 saturated heterocycles. The number of hydrogen-bond acceptors (Lipinski definition) is 6. The van der Waals surface area contributed by atoms with Crippen LogP contribution < -0.4 is 5.43 Å². The molecule has 3 rings (SSSR count). The van der Waals surface area contributed by atoms with Gasteiger partial charge in [-0.25, -0.2) is 3.11 Å². The predicted octanol–water partition coefficient (Wildman–Crippen LogP) is 2.18. The first kappa shape index (κ1) is 15.3. The van der Waals surface area contributed by atoms with Crippen LogP contribution in [-0.2, 0) is 0 Å². The summed E-state index contributed by atoms with van der Waals surface area (Å²) in [6.07, 6.45) is 0.0595. The van der Waals surface area contributed by atoms with Gasteiger partial charge in [0, 0.05) is 28.6 Å². The van der Waals surface area contributed by atoms with Crippen molar-refractivity contribution in [3.63, 3.8) is 0 Å². The Balaban J connectivity index is 2.06. The number of benzene rings is 1. The topological polar surface area (TPSA) is 73.9 Å². The van der Waals surface area contributed by atoms with Crippen LogP contribution in [0.2, 0.25) is 0 Å². The molecule has 2 aromatic rings. The van der Waals surface area contributed by atoms with Crippen LogP contribution in [0.15, 0.2) is 33.7 Å². The van der Waals surface area contributed by atoms with E-state index in [0.717, 1.165) is 5.56 Å². The third-order valence-electron chi connectivity index (χ3n) is 3.53. The summed E-state index contributed by atoms with van der Waals surface area (Å²) >= 11 is 3.54. The fraction of sp³-hybridized carbons (Fsp3) is 0.357. The monoisotopic (exact) mass is 419 g/mol. The molecule has 0 bridgehead atoms. The molecular formula is C14H14INO4S. The van der Waals surface area contributed by atoms with Gasteiger partial charge in [-0.05, 0) is 19.1 Å². The summed E-state index contributed by atoms with van der Waals surface area (Å²) in [5.74, 6) is 0.552. The zero-order valence-electron chi connectivity index (χ0n) is 11.2. The molecule has 1 fully saturated rings. The Labute approximate surface area is 139 Å². The molecule has 0 amide bonds. The molecule has 0 radical (unpaired) electrons. The molecular weight excluding hydrogens is 405 g/mol. The first-order valence-electron chi connectivity index (χ1n) is 6.43. The van der Waals surface area contributed by atoms with Gasteiger partial charge >= 0.3 is 0 Å². The molecule has 0 aliphatic carbocycles. The van der Waals surface area contributed by atoms with Crippen LogP contribution in [0.3, 0.4) is 0 Å². The minimum absolute atomic E-state index is 0.0628. The van der Waals surface area contributed by atoms with Crippen LogP contribution in [0.4, 0.5) is 0 Å². The maximum Gasteiger partial charge on any atom is 0.198 e. The Morgan fingerprint density at radius 3 is 2.90 bits per heavy atom. The van der Waals surface area contributed by atoms with Crippen molar-refractivity contribution < 1.29 is 14.6 Å². The first-order chi connectivity index (χ1) is 9.99. The minimum Gasteiger partial charge on any atom is -0.464 e. The van der Waals surface area contributed by atoms with Crippen LogP contribution in [0.25, 0.3) is 11.0 Å². The standard InChI is InChI=1S/C14H14INO4S/c1-7-2-3-11-8(4-7)12(17)9(5-20-11)13-16(15)10(6-21-13)14(18)19/h2-5,10,13-14,18-19H,6H2,1H3. The van der Waals surface area contributed by atoms with Crippen molar-refractivity contribution in [3.05, 3.63) is 45.8 Å². The highest BCUT2D eigenvalue weighted by Gasteiger charge is 2.38. The van der Waals surface area contributed by atoms with Crippen molar-refractivity contribution >= 4 is 45.6 Å². The second-order valence-corrected chi connectivity index (χ2v) is 7.26. The van der Waals surface area contributed by atoms with Gasteiger partial charge in [-0.2, -0.15) is 0 Å². The van der Waals surface area contributed by atoms with Gasteiger partial charge < -0.3 is 14.6 Å². The summed E-state index contributed by atoms with van der Waals surface area (Å²) in [4.78, 5) is 12.7. The highest BCUT2D eigenvalue weighted by atomic mass is 127. The van der Waals surface area contributed by atoms with E-state index in [4.69, 9.17) is 4.42 Å². The lowest BCUT2D eigenvalue weighted by molar-refractivity contribution is -0.0720. The quantitative estimate of drug-likeness (QED) is 0.442. The molecule has 7 heteroatoms. The fourth-order valence-corrected chi connectivity index (χ4v) is 5.26. The second-order valence-electron chi connectivity index (χ2n) is 5.03. The molecule has 1 aromatic carbocycles. The molecule has 2 N–H and O–H groups in total. The summed E-state index contributed by atoms with van der Waals surface area (Å²) in [6.45, 7) is 1.93. The van der Waals surface area contributed by atoms with E-state index in [-0.39, 0.29) is 10.8 Å². The molecule has 2 atom stereocenters. The van der Waals surface area contributed by atoms with Gasteiger partial charge in [0.15, 0.2) is 11.7 Å². The SMILES string of the molecule is Cc1ccc2occ(C3SCC(C(O)O)N3I)c(=O)c2c1. The predicted molar refractivity (Wildman–Crippen MR) is 90.3 cm³/mol. The molecule has 1 aliphatic heterocycles. The number of thioether (sulfide) groups is 1. The Morgan fingerprint density at radius 1 is 1.48 bits per heavy atom. The number of nitrogens with zero attached hydrogens (tertiary/aromatic N) is 1. The van der Waals surface area contributed by atoms with Crippen LogP contribution in [0, 0.1) is 6.92 Å². The highest BCUT2D eigenvalue weighted by Crippen LogP contribution is 2.43. The van der Waals surface area contributed by atoms with Gasteiger partial charge in [0.1, 0.15) is 11.8 Å². The molecule has 2 unspecified atom stereocenters. The Hall–Kier alpha value is -0.610. The Kier molecular flexibility index (Phi) is 4.28. The molecule has 5 nitrogen and oxygen atoms in total. The number of fused-ring (bicyclic) bond motifs is 1. The number of halogens is 1. The third kappa shape index (κ3) is 2.72. The molecule has 0 spiro atoms. The van der Waals surface area contributed by atoms with E-state index in [1.807, 2.05) is 41.9 Å². The molecule has 2 heterocycles. The molecule has 21 heavy (non-hydrogen) atoms. The van der Waals surface area contributed by atoms with E-state index in [1.165, 1.54) is 18.0 Å². The maximum atomic E-state index is 12.7. The Morgan fingerprint density at radius 2 is 2.24 bits per heavy atom. The average Bonchev–Trinajstić information content (AvgIpc) is 2.82. The van der Waals surface area contributed by atoms with Crippen molar-refractivity contribution in [2.75, 3.05) is 5.75 Å². The smallest absolute Gasteiger partial charge is 0.198 e. The lowest BCUT2D eigenvalue weighted by Gasteiger charge is -2.22. The fourth-order valence-electron chi connectivity index (χ4n) is 2.37. The average molecular weight is 419 g/mol. The number of aryl methyl sites for hydroxylation is 1. The van der Waals surface area contributed by atoms with Crippen molar-refractivity contribution in [1.29, 1.82) is 0 Å². The Bertz CT molecular complexity index is 732. The van der Waals surface area contributed by atoms with E-state index in [0.29, 0.717) is 22.3 Å². The van der Waals surface area contributed by atoms with E-state index in [1.54, 1.807) is 9.18 Å². The molecule has 1 aliphatic rings. The summed E-state index contributed by atoms with van der Waals surface area (Å²) in [5, 5.41) is 19.0. The van der Waals surface area contributed by atoms with Crippen molar-refractivity contribution in [3.8, 4) is 0 Å². The number of hydrogen-bond donors (Lipinski definition) is 2. The summed E-state index contributed by atoms with van der Waals surface area (Å²) in [6, 6.07) is 5.12. The minimum atomic E-state index is -1.42.